The molecule has 1 heterocycles. The predicted octanol–water partition coefficient (Wildman–Crippen LogP) is 2.91. The van der Waals surface area contributed by atoms with Crippen LogP contribution < -0.4 is 5.73 Å². The van der Waals surface area contributed by atoms with Gasteiger partial charge in [-0.3, -0.25) is 4.79 Å². The number of amides is 1. The molecular weight excluding hydrogens is 332 g/mol. The molecule has 4 nitrogen and oxygen atoms in total. The Morgan fingerprint density at radius 3 is 2.81 bits per heavy atom. The molecule has 2 aromatic rings. The molecular formula is C16H19BrN2O2. The molecule has 1 unspecified atom stereocenters. The Labute approximate surface area is 131 Å². The third kappa shape index (κ3) is 2.38. The Balaban J connectivity index is 2.17. The molecule has 0 saturated carbocycles. The summed E-state index contributed by atoms with van der Waals surface area (Å²) in [4.78, 5) is 15.0. The fraction of sp³-hybridized carbons (Fsp3) is 0.438. The highest BCUT2D eigenvalue weighted by Gasteiger charge is 2.32. The van der Waals surface area contributed by atoms with Gasteiger partial charge < -0.3 is 15.8 Å². The Bertz CT molecular complexity index is 728. The summed E-state index contributed by atoms with van der Waals surface area (Å²) >= 11 is 3.57. The summed E-state index contributed by atoms with van der Waals surface area (Å²) < 4.78 is 0.974. The van der Waals surface area contributed by atoms with Crippen LogP contribution >= 0.6 is 15.9 Å². The fourth-order valence-corrected chi connectivity index (χ4v) is 3.87. The third-order valence-corrected chi connectivity index (χ3v) is 5.22. The van der Waals surface area contributed by atoms with Gasteiger partial charge in [0.25, 0.3) is 5.91 Å². The predicted molar refractivity (Wildman–Crippen MR) is 86.3 cm³/mol. The number of fused-ring (bicyclic) bond motifs is 3. The maximum Gasteiger partial charge on any atom is 0.250 e. The van der Waals surface area contributed by atoms with Crippen LogP contribution in [-0.4, -0.2) is 21.6 Å². The lowest BCUT2D eigenvalue weighted by atomic mass is 9.78. The molecule has 0 saturated heterocycles. The number of nitrogens with two attached hydrogens (primary N) is 1. The number of aryl methyl sites for hydroxylation is 1. The molecule has 0 radical (unpaired) electrons. The Hall–Kier alpha value is -1.33. The number of hydrogen-bond donors (Lipinski definition) is 3. The average Bonchev–Trinajstić information content (AvgIpc) is 2.76. The summed E-state index contributed by atoms with van der Waals surface area (Å²) in [7, 11) is 0. The molecule has 1 aromatic heterocycles. The van der Waals surface area contributed by atoms with Gasteiger partial charge in [0.15, 0.2) is 0 Å². The van der Waals surface area contributed by atoms with E-state index in [4.69, 9.17) is 5.73 Å². The lowest BCUT2D eigenvalue weighted by Crippen LogP contribution is -2.34. The van der Waals surface area contributed by atoms with Gasteiger partial charge in [0, 0.05) is 15.6 Å². The van der Waals surface area contributed by atoms with Crippen molar-refractivity contribution in [2.24, 2.45) is 11.7 Å². The monoisotopic (exact) mass is 350 g/mol. The number of aromatic amines is 1. The summed E-state index contributed by atoms with van der Waals surface area (Å²) in [5.41, 5.74) is 8.44. The molecule has 1 aliphatic carbocycles. The normalized spacial score (nSPS) is 18.8. The van der Waals surface area contributed by atoms with Crippen LogP contribution in [0.2, 0.25) is 0 Å². The number of aromatic nitrogens is 1. The quantitative estimate of drug-likeness (QED) is 0.778. The van der Waals surface area contributed by atoms with Crippen LogP contribution in [0.5, 0.6) is 0 Å². The van der Waals surface area contributed by atoms with Crippen molar-refractivity contribution in [1.29, 1.82) is 0 Å². The maximum absolute atomic E-state index is 11.6. The van der Waals surface area contributed by atoms with Gasteiger partial charge in [-0.15, -0.1) is 0 Å². The molecule has 1 aromatic carbocycles. The van der Waals surface area contributed by atoms with Crippen molar-refractivity contribution in [3.8, 4) is 0 Å². The number of rotatable bonds is 2. The van der Waals surface area contributed by atoms with Crippen molar-refractivity contribution < 1.29 is 9.90 Å². The smallest absolute Gasteiger partial charge is 0.250 e. The fourth-order valence-electron chi connectivity index (χ4n) is 3.30. The lowest BCUT2D eigenvalue weighted by molar-refractivity contribution is 0.0107. The Morgan fingerprint density at radius 1 is 1.48 bits per heavy atom. The van der Waals surface area contributed by atoms with Crippen LogP contribution in [-0.2, 0) is 12.8 Å². The van der Waals surface area contributed by atoms with E-state index in [1.54, 1.807) is 6.07 Å². The minimum Gasteiger partial charge on any atom is -0.390 e. The van der Waals surface area contributed by atoms with Crippen LogP contribution in [0.25, 0.3) is 10.9 Å². The van der Waals surface area contributed by atoms with Gasteiger partial charge in [0.05, 0.1) is 16.7 Å². The Kier molecular flexibility index (Phi) is 3.37. The molecule has 1 aliphatic rings. The van der Waals surface area contributed by atoms with Crippen LogP contribution in [0.1, 0.15) is 41.9 Å². The van der Waals surface area contributed by atoms with Gasteiger partial charge in [-0.05, 0) is 56.7 Å². The third-order valence-electron chi connectivity index (χ3n) is 4.55. The standard InChI is InChI=1S/C16H19BrN2O2/c1-16(2,21)8-3-4-9-12(7-8)19-14-10(15(18)20)5-6-11(17)13(9)14/h5-6,8,19,21H,3-4,7H2,1-2H3,(H2,18,20). The molecule has 112 valence electrons. The number of aliphatic hydroxyl groups is 1. The molecule has 1 amide bonds. The highest BCUT2D eigenvalue weighted by atomic mass is 79.9. The molecule has 0 spiro atoms. The summed E-state index contributed by atoms with van der Waals surface area (Å²) in [6.45, 7) is 3.71. The van der Waals surface area contributed by atoms with Crippen LogP contribution in [0.4, 0.5) is 0 Å². The van der Waals surface area contributed by atoms with Crippen molar-refractivity contribution in [1.82, 2.24) is 4.98 Å². The number of nitrogens with one attached hydrogen (secondary N) is 1. The number of carbonyl (C=O) groups is 1. The van der Waals surface area contributed by atoms with Crippen molar-refractivity contribution in [3.05, 3.63) is 33.4 Å². The SMILES string of the molecule is CC(C)(O)C1CCc2c([nH]c3c(C(N)=O)ccc(Br)c23)C1. The van der Waals surface area contributed by atoms with Crippen LogP contribution in [0.3, 0.4) is 0 Å². The lowest BCUT2D eigenvalue weighted by Gasteiger charge is -2.32. The summed E-state index contributed by atoms with van der Waals surface area (Å²) in [5, 5.41) is 11.3. The minimum atomic E-state index is -0.696. The minimum absolute atomic E-state index is 0.217. The van der Waals surface area contributed by atoms with E-state index in [-0.39, 0.29) is 5.92 Å². The zero-order valence-corrected chi connectivity index (χ0v) is 13.8. The molecule has 4 N–H and O–H groups in total. The van der Waals surface area contributed by atoms with Gasteiger partial charge in [-0.25, -0.2) is 0 Å². The van der Waals surface area contributed by atoms with E-state index in [1.165, 1.54) is 5.56 Å². The summed E-state index contributed by atoms with van der Waals surface area (Å²) in [5.74, 6) is -0.209. The molecule has 1 atom stereocenters. The van der Waals surface area contributed by atoms with Crippen molar-refractivity contribution >= 4 is 32.7 Å². The second-order valence-corrected chi connectivity index (χ2v) is 7.24. The van der Waals surface area contributed by atoms with Gasteiger partial charge in [-0.2, -0.15) is 0 Å². The van der Waals surface area contributed by atoms with Crippen molar-refractivity contribution in [2.75, 3.05) is 0 Å². The first-order valence-electron chi connectivity index (χ1n) is 7.13. The first-order valence-corrected chi connectivity index (χ1v) is 7.92. The summed E-state index contributed by atoms with van der Waals surface area (Å²) in [6.07, 6.45) is 2.62. The number of H-pyrrole nitrogens is 1. The molecule has 3 rings (SSSR count). The van der Waals surface area contributed by atoms with Gasteiger partial charge in [0.2, 0.25) is 0 Å². The highest BCUT2D eigenvalue weighted by molar-refractivity contribution is 9.10. The first kappa shape index (κ1) is 14.6. The number of hydrogen-bond acceptors (Lipinski definition) is 2. The van der Waals surface area contributed by atoms with E-state index in [0.29, 0.717) is 5.56 Å². The van der Waals surface area contributed by atoms with E-state index in [1.807, 2.05) is 19.9 Å². The number of primary amides is 1. The zero-order valence-electron chi connectivity index (χ0n) is 12.2. The summed E-state index contributed by atoms with van der Waals surface area (Å²) in [6, 6.07) is 3.61. The van der Waals surface area contributed by atoms with Gasteiger partial charge in [0.1, 0.15) is 0 Å². The van der Waals surface area contributed by atoms with Crippen LogP contribution in [0, 0.1) is 5.92 Å². The Morgan fingerprint density at radius 2 is 2.19 bits per heavy atom. The van der Waals surface area contributed by atoms with Gasteiger partial charge in [-0.1, -0.05) is 15.9 Å². The first-order chi connectivity index (χ1) is 9.79. The molecule has 0 aliphatic heterocycles. The largest absolute Gasteiger partial charge is 0.390 e. The molecule has 0 bridgehead atoms. The van der Waals surface area contributed by atoms with Crippen LogP contribution in [0.15, 0.2) is 16.6 Å². The van der Waals surface area contributed by atoms with E-state index in [2.05, 4.69) is 20.9 Å². The van der Waals surface area contributed by atoms with Crippen molar-refractivity contribution in [3.63, 3.8) is 0 Å². The zero-order chi connectivity index (χ0) is 15.4. The topological polar surface area (TPSA) is 79.1 Å². The average molecular weight is 351 g/mol. The van der Waals surface area contributed by atoms with E-state index >= 15 is 0 Å². The van der Waals surface area contributed by atoms with Gasteiger partial charge >= 0.3 is 0 Å². The number of benzene rings is 1. The molecule has 21 heavy (non-hydrogen) atoms. The second-order valence-electron chi connectivity index (χ2n) is 6.38. The molecule has 5 heteroatoms. The van der Waals surface area contributed by atoms with E-state index < -0.39 is 11.5 Å². The number of halogens is 1. The highest BCUT2D eigenvalue weighted by Crippen LogP contribution is 2.39. The maximum atomic E-state index is 11.6. The van der Waals surface area contributed by atoms with E-state index in [9.17, 15) is 9.90 Å². The number of carbonyl (C=O) groups excluding carboxylic acids is 1. The molecule has 0 fully saturated rings. The van der Waals surface area contributed by atoms with Crippen molar-refractivity contribution in [2.45, 2.75) is 38.7 Å². The second kappa shape index (κ2) is 4.85. The van der Waals surface area contributed by atoms with E-state index in [0.717, 1.165) is 40.3 Å².